The van der Waals surface area contributed by atoms with Crippen LogP contribution in [0.5, 0.6) is 0 Å². The molecule has 0 saturated heterocycles. The van der Waals surface area contributed by atoms with Gasteiger partial charge in [-0.05, 0) is 38.0 Å². The Morgan fingerprint density at radius 2 is 2.11 bits per heavy atom. The van der Waals surface area contributed by atoms with Gasteiger partial charge in [-0.3, -0.25) is 9.59 Å². The fourth-order valence-electron chi connectivity index (χ4n) is 1.80. The Hall–Kier alpha value is -2.10. The normalized spacial score (nSPS) is 10.3. The van der Waals surface area contributed by atoms with E-state index in [1.807, 2.05) is 6.07 Å². The lowest BCUT2D eigenvalue weighted by Crippen LogP contribution is -2.40. The molecule has 19 heavy (non-hydrogen) atoms. The number of aliphatic carboxylic acids is 1. The third-order valence-electron chi connectivity index (χ3n) is 2.74. The van der Waals surface area contributed by atoms with E-state index in [1.165, 1.54) is 4.90 Å². The van der Waals surface area contributed by atoms with Gasteiger partial charge in [-0.1, -0.05) is 18.2 Å². The summed E-state index contributed by atoms with van der Waals surface area (Å²) in [6, 6.07) is 7.03. The van der Waals surface area contributed by atoms with E-state index in [4.69, 9.17) is 5.11 Å². The zero-order valence-electron chi connectivity index (χ0n) is 11.3. The molecule has 1 aromatic rings. The maximum Gasteiger partial charge on any atom is 0.323 e. The van der Waals surface area contributed by atoms with Gasteiger partial charge in [0.25, 0.3) is 5.91 Å². The van der Waals surface area contributed by atoms with Gasteiger partial charge in [0.1, 0.15) is 6.54 Å². The van der Waals surface area contributed by atoms with Gasteiger partial charge < -0.3 is 10.0 Å². The molecule has 4 nitrogen and oxygen atoms in total. The molecule has 0 aliphatic rings. The number of allylic oxidation sites excluding steroid dienone is 1. The molecule has 0 fully saturated rings. The van der Waals surface area contributed by atoms with Crippen molar-refractivity contribution in [3.8, 4) is 0 Å². The van der Waals surface area contributed by atoms with Crippen molar-refractivity contribution in [3.63, 3.8) is 0 Å². The van der Waals surface area contributed by atoms with Gasteiger partial charge in [-0.25, -0.2) is 0 Å². The molecule has 1 N–H and O–H groups in total. The highest BCUT2D eigenvalue weighted by atomic mass is 16.4. The highest BCUT2D eigenvalue weighted by Gasteiger charge is 2.21. The second-order valence-corrected chi connectivity index (χ2v) is 4.61. The van der Waals surface area contributed by atoms with Crippen LogP contribution in [0, 0.1) is 0 Å². The molecule has 0 aliphatic carbocycles. The van der Waals surface area contributed by atoms with Gasteiger partial charge in [-0.2, -0.15) is 0 Å². The number of carboxylic acid groups (broad SMARTS) is 1. The summed E-state index contributed by atoms with van der Waals surface area (Å²) in [4.78, 5) is 24.5. The summed E-state index contributed by atoms with van der Waals surface area (Å²) < 4.78 is 0. The molecular formula is C15H19NO3. The van der Waals surface area contributed by atoms with Crippen LogP contribution in [0.25, 0.3) is 0 Å². The van der Waals surface area contributed by atoms with E-state index >= 15 is 0 Å². The van der Waals surface area contributed by atoms with E-state index < -0.39 is 5.97 Å². The van der Waals surface area contributed by atoms with Crippen LogP contribution in [0.1, 0.15) is 29.8 Å². The van der Waals surface area contributed by atoms with Crippen molar-refractivity contribution in [3.05, 3.63) is 48.0 Å². The number of carbonyl (C=O) groups is 2. The van der Waals surface area contributed by atoms with Gasteiger partial charge in [0.2, 0.25) is 0 Å². The Morgan fingerprint density at radius 1 is 1.42 bits per heavy atom. The quantitative estimate of drug-likeness (QED) is 0.800. The van der Waals surface area contributed by atoms with E-state index in [2.05, 4.69) is 6.58 Å². The predicted octanol–water partition coefficient (Wildman–Crippen LogP) is 2.35. The lowest BCUT2D eigenvalue weighted by Gasteiger charge is -2.25. The monoisotopic (exact) mass is 261 g/mol. The first kappa shape index (κ1) is 15.0. The molecule has 0 atom stereocenters. The Morgan fingerprint density at radius 3 is 2.63 bits per heavy atom. The van der Waals surface area contributed by atoms with Crippen LogP contribution in [0.3, 0.4) is 0 Å². The zero-order chi connectivity index (χ0) is 14.4. The van der Waals surface area contributed by atoms with Crippen LogP contribution in [-0.4, -0.2) is 34.5 Å². The average molecular weight is 261 g/mol. The van der Waals surface area contributed by atoms with Gasteiger partial charge in [0.15, 0.2) is 0 Å². The van der Waals surface area contributed by atoms with Crippen LogP contribution < -0.4 is 0 Å². The summed E-state index contributed by atoms with van der Waals surface area (Å²) in [5, 5.41) is 8.86. The molecule has 1 aromatic carbocycles. The smallest absolute Gasteiger partial charge is 0.323 e. The highest BCUT2D eigenvalue weighted by Crippen LogP contribution is 2.11. The standard InChI is InChI=1S/C15H19NO3/c1-4-6-12-7-5-8-13(9-12)15(19)16(11(2)3)10-14(17)18/h4-5,7-9,11H,1,6,10H2,2-3H3,(H,17,18). The Kier molecular flexibility index (Phi) is 5.30. The fraction of sp³-hybridized carbons (Fsp3) is 0.333. The van der Waals surface area contributed by atoms with Crippen molar-refractivity contribution in [1.29, 1.82) is 0 Å². The first-order valence-electron chi connectivity index (χ1n) is 6.18. The number of hydrogen-bond donors (Lipinski definition) is 1. The highest BCUT2D eigenvalue weighted by molar-refractivity contribution is 5.96. The molecule has 102 valence electrons. The number of nitrogens with zero attached hydrogens (tertiary/aromatic N) is 1. The number of carbonyl (C=O) groups excluding carboxylic acids is 1. The second-order valence-electron chi connectivity index (χ2n) is 4.61. The predicted molar refractivity (Wildman–Crippen MR) is 74.2 cm³/mol. The summed E-state index contributed by atoms with van der Waals surface area (Å²) >= 11 is 0. The molecule has 0 heterocycles. The van der Waals surface area contributed by atoms with Crippen molar-refractivity contribution in [2.45, 2.75) is 26.3 Å². The van der Waals surface area contributed by atoms with E-state index in [-0.39, 0.29) is 18.5 Å². The van der Waals surface area contributed by atoms with Crippen LogP contribution in [-0.2, 0) is 11.2 Å². The average Bonchev–Trinajstić information content (AvgIpc) is 2.35. The van der Waals surface area contributed by atoms with Crippen LogP contribution in [0.4, 0.5) is 0 Å². The maximum atomic E-state index is 12.3. The molecule has 1 rings (SSSR count). The van der Waals surface area contributed by atoms with Crippen LogP contribution in [0.2, 0.25) is 0 Å². The second kappa shape index (κ2) is 6.73. The first-order valence-corrected chi connectivity index (χ1v) is 6.18. The molecular weight excluding hydrogens is 242 g/mol. The molecule has 0 spiro atoms. The van der Waals surface area contributed by atoms with Crippen molar-refractivity contribution in [2.75, 3.05) is 6.54 Å². The minimum atomic E-state index is -1.01. The summed E-state index contributed by atoms with van der Waals surface area (Å²) in [7, 11) is 0. The van der Waals surface area contributed by atoms with Crippen molar-refractivity contribution in [2.24, 2.45) is 0 Å². The largest absolute Gasteiger partial charge is 0.480 e. The third kappa shape index (κ3) is 4.25. The number of carboxylic acids is 1. The van der Waals surface area contributed by atoms with Crippen molar-refractivity contribution >= 4 is 11.9 Å². The molecule has 0 radical (unpaired) electrons. The topological polar surface area (TPSA) is 57.6 Å². The molecule has 0 bridgehead atoms. The number of amides is 1. The minimum absolute atomic E-state index is 0.160. The Labute approximate surface area is 113 Å². The van der Waals surface area contributed by atoms with Crippen LogP contribution >= 0.6 is 0 Å². The van der Waals surface area contributed by atoms with Gasteiger partial charge in [0.05, 0.1) is 0 Å². The molecule has 0 aromatic heterocycles. The van der Waals surface area contributed by atoms with Gasteiger partial charge >= 0.3 is 5.97 Å². The summed E-state index contributed by atoms with van der Waals surface area (Å²) in [6.45, 7) is 6.97. The lowest BCUT2D eigenvalue weighted by atomic mass is 10.1. The first-order chi connectivity index (χ1) is 8.95. The number of benzene rings is 1. The number of rotatable bonds is 6. The lowest BCUT2D eigenvalue weighted by molar-refractivity contribution is -0.138. The van der Waals surface area contributed by atoms with E-state index in [0.29, 0.717) is 12.0 Å². The summed E-state index contributed by atoms with van der Waals surface area (Å²) in [5.41, 5.74) is 1.49. The van der Waals surface area contributed by atoms with Gasteiger partial charge in [-0.15, -0.1) is 6.58 Å². The molecule has 1 amide bonds. The molecule has 4 heteroatoms. The summed E-state index contributed by atoms with van der Waals surface area (Å²) in [6.07, 6.45) is 2.45. The SMILES string of the molecule is C=CCc1cccc(C(=O)N(CC(=O)O)C(C)C)c1. The summed E-state index contributed by atoms with van der Waals surface area (Å²) in [5.74, 6) is -1.27. The Bertz CT molecular complexity index is 480. The zero-order valence-corrected chi connectivity index (χ0v) is 11.3. The minimum Gasteiger partial charge on any atom is -0.480 e. The maximum absolute atomic E-state index is 12.3. The van der Waals surface area contributed by atoms with Crippen molar-refractivity contribution < 1.29 is 14.7 Å². The molecule has 0 unspecified atom stereocenters. The number of hydrogen-bond acceptors (Lipinski definition) is 2. The fourth-order valence-corrected chi connectivity index (χ4v) is 1.80. The van der Waals surface area contributed by atoms with E-state index in [1.54, 1.807) is 38.1 Å². The molecule has 0 saturated carbocycles. The van der Waals surface area contributed by atoms with E-state index in [9.17, 15) is 9.59 Å². The van der Waals surface area contributed by atoms with Crippen LogP contribution in [0.15, 0.2) is 36.9 Å². The van der Waals surface area contributed by atoms with Crippen molar-refractivity contribution in [1.82, 2.24) is 4.90 Å². The molecule has 0 aliphatic heterocycles. The third-order valence-corrected chi connectivity index (χ3v) is 2.74. The van der Waals surface area contributed by atoms with E-state index in [0.717, 1.165) is 5.56 Å². The Balaban J connectivity index is 2.98. The van der Waals surface area contributed by atoms with Gasteiger partial charge in [0, 0.05) is 11.6 Å².